The number of hydrogen-bond acceptors (Lipinski definition) is 5. The molecule has 0 aliphatic carbocycles. The van der Waals surface area contributed by atoms with Crippen molar-refractivity contribution >= 4 is 16.0 Å². The summed E-state index contributed by atoms with van der Waals surface area (Å²) in [4.78, 5) is 14.7. The highest BCUT2D eigenvalue weighted by Crippen LogP contribution is 2.26. The predicted octanol–water partition coefficient (Wildman–Crippen LogP) is 0.331. The third-order valence-corrected chi connectivity index (χ3v) is 5.26. The van der Waals surface area contributed by atoms with Crippen LogP contribution in [-0.2, 0) is 19.6 Å². The first-order valence-electron chi connectivity index (χ1n) is 6.32. The summed E-state index contributed by atoms with van der Waals surface area (Å²) < 4.78 is 44.7. The van der Waals surface area contributed by atoms with E-state index in [1.165, 1.54) is 12.3 Å². The molecule has 2 atom stereocenters. The number of carboxylic acids is 1. The SMILES string of the molecule is CCN(C1COCC1C(=O)O)S(=O)(=O)c1ncccc1F. The van der Waals surface area contributed by atoms with Crippen LogP contribution < -0.4 is 0 Å². The zero-order valence-electron chi connectivity index (χ0n) is 11.3. The van der Waals surface area contributed by atoms with Gasteiger partial charge in [0.2, 0.25) is 5.03 Å². The Morgan fingerprint density at radius 3 is 2.86 bits per heavy atom. The minimum Gasteiger partial charge on any atom is -0.481 e. The van der Waals surface area contributed by atoms with Crippen LogP contribution in [0.5, 0.6) is 0 Å². The summed E-state index contributed by atoms with van der Waals surface area (Å²) in [6, 6.07) is 1.40. The Bertz CT molecular complexity index is 636. The van der Waals surface area contributed by atoms with Crippen LogP contribution >= 0.6 is 0 Å². The summed E-state index contributed by atoms with van der Waals surface area (Å²) >= 11 is 0. The van der Waals surface area contributed by atoms with Gasteiger partial charge >= 0.3 is 5.97 Å². The van der Waals surface area contributed by atoms with E-state index in [1.54, 1.807) is 6.92 Å². The number of aliphatic carboxylic acids is 1. The topological polar surface area (TPSA) is 96.8 Å². The standard InChI is InChI=1S/C12H15FN2O5S/c1-2-15(10-7-20-6-8(10)12(16)17)21(18,19)11-9(13)4-3-5-14-11/h3-5,8,10H,2,6-7H2,1H3,(H,16,17). The molecule has 0 aromatic carbocycles. The van der Waals surface area contributed by atoms with Crippen molar-refractivity contribution in [1.29, 1.82) is 0 Å². The lowest BCUT2D eigenvalue weighted by atomic mass is 10.0. The van der Waals surface area contributed by atoms with Crippen molar-refractivity contribution in [2.24, 2.45) is 5.92 Å². The maximum Gasteiger partial charge on any atom is 0.310 e. The maximum atomic E-state index is 13.7. The van der Waals surface area contributed by atoms with Crippen LogP contribution in [0, 0.1) is 11.7 Å². The van der Waals surface area contributed by atoms with Crippen molar-refractivity contribution in [2.75, 3.05) is 19.8 Å². The molecule has 1 fully saturated rings. The van der Waals surface area contributed by atoms with Crippen LogP contribution in [0.3, 0.4) is 0 Å². The summed E-state index contributed by atoms with van der Waals surface area (Å²) in [6.45, 7) is 1.43. The Balaban J connectivity index is 2.41. The number of hydrogen-bond donors (Lipinski definition) is 1. The fraction of sp³-hybridized carbons (Fsp3) is 0.500. The van der Waals surface area contributed by atoms with Gasteiger partial charge in [-0.05, 0) is 12.1 Å². The summed E-state index contributed by atoms with van der Waals surface area (Å²) in [5, 5.41) is 8.42. The quantitative estimate of drug-likeness (QED) is 0.840. The predicted molar refractivity (Wildman–Crippen MR) is 69.5 cm³/mol. The van der Waals surface area contributed by atoms with E-state index in [1.807, 2.05) is 0 Å². The molecule has 2 heterocycles. The number of pyridine rings is 1. The lowest BCUT2D eigenvalue weighted by Gasteiger charge is -2.27. The normalized spacial score (nSPS) is 22.6. The highest BCUT2D eigenvalue weighted by atomic mass is 32.2. The van der Waals surface area contributed by atoms with E-state index >= 15 is 0 Å². The van der Waals surface area contributed by atoms with E-state index in [0.717, 1.165) is 10.4 Å². The van der Waals surface area contributed by atoms with Crippen LogP contribution in [0.25, 0.3) is 0 Å². The Morgan fingerprint density at radius 1 is 1.57 bits per heavy atom. The molecule has 1 N–H and O–H groups in total. The second-order valence-electron chi connectivity index (χ2n) is 4.55. The molecule has 1 aromatic heterocycles. The van der Waals surface area contributed by atoms with Crippen LogP contribution in [0.1, 0.15) is 6.92 Å². The van der Waals surface area contributed by atoms with E-state index in [4.69, 9.17) is 9.84 Å². The lowest BCUT2D eigenvalue weighted by Crippen LogP contribution is -2.46. The van der Waals surface area contributed by atoms with Gasteiger partial charge in [0.25, 0.3) is 10.0 Å². The van der Waals surface area contributed by atoms with E-state index in [-0.39, 0.29) is 19.8 Å². The summed E-state index contributed by atoms with van der Waals surface area (Å²) in [5.41, 5.74) is 0. The van der Waals surface area contributed by atoms with Crippen LogP contribution in [0.15, 0.2) is 23.4 Å². The first-order chi connectivity index (χ1) is 9.89. The van der Waals surface area contributed by atoms with Crippen molar-refractivity contribution in [1.82, 2.24) is 9.29 Å². The van der Waals surface area contributed by atoms with Crippen molar-refractivity contribution < 1.29 is 27.4 Å². The molecule has 7 nitrogen and oxygen atoms in total. The molecular formula is C12H15FN2O5S. The molecule has 9 heteroatoms. The third-order valence-electron chi connectivity index (χ3n) is 3.33. The lowest BCUT2D eigenvalue weighted by molar-refractivity contribution is -0.142. The Kier molecular flexibility index (Phi) is 4.55. The van der Waals surface area contributed by atoms with Crippen molar-refractivity contribution in [3.63, 3.8) is 0 Å². The number of sulfonamides is 1. The van der Waals surface area contributed by atoms with E-state index in [9.17, 15) is 17.6 Å². The Morgan fingerprint density at radius 2 is 2.29 bits per heavy atom. The first kappa shape index (κ1) is 15.8. The molecule has 1 saturated heterocycles. The van der Waals surface area contributed by atoms with Gasteiger partial charge < -0.3 is 9.84 Å². The minimum atomic E-state index is -4.23. The first-order valence-corrected chi connectivity index (χ1v) is 7.76. The Labute approximate surface area is 121 Å². The van der Waals surface area contributed by atoms with Crippen molar-refractivity contribution in [3.05, 3.63) is 24.1 Å². The zero-order chi connectivity index (χ0) is 15.6. The van der Waals surface area contributed by atoms with E-state index in [0.29, 0.717) is 0 Å². The zero-order valence-corrected chi connectivity index (χ0v) is 12.1. The van der Waals surface area contributed by atoms with Gasteiger partial charge in [-0.3, -0.25) is 4.79 Å². The number of carboxylic acid groups (broad SMARTS) is 1. The highest BCUT2D eigenvalue weighted by molar-refractivity contribution is 7.89. The van der Waals surface area contributed by atoms with Crippen molar-refractivity contribution in [2.45, 2.75) is 18.0 Å². The summed E-state index contributed by atoms with van der Waals surface area (Å²) in [5.74, 6) is -3.10. The maximum absolute atomic E-state index is 13.7. The minimum absolute atomic E-state index is 0.00382. The van der Waals surface area contributed by atoms with Gasteiger partial charge in [-0.2, -0.15) is 4.31 Å². The number of ether oxygens (including phenoxy) is 1. The largest absolute Gasteiger partial charge is 0.481 e. The second-order valence-corrected chi connectivity index (χ2v) is 6.35. The molecule has 1 aromatic rings. The van der Waals surface area contributed by atoms with Gasteiger partial charge in [-0.1, -0.05) is 6.92 Å². The van der Waals surface area contributed by atoms with Crippen LogP contribution in [0.4, 0.5) is 4.39 Å². The van der Waals surface area contributed by atoms with Gasteiger partial charge in [0.15, 0.2) is 5.82 Å². The average molecular weight is 318 g/mol. The van der Waals surface area contributed by atoms with Crippen LogP contribution in [0.2, 0.25) is 0 Å². The third kappa shape index (κ3) is 2.89. The molecule has 2 rings (SSSR count). The smallest absolute Gasteiger partial charge is 0.310 e. The van der Waals surface area contributed by atoms with Gasteiger partial charge in [-0.25, -0.2) is 17.8 Å². The van der Waals surface area contributed by atoms with Crippen molar-refractivity contribution in [3.8, 4) is 0 Å². The molecule has 0 radical (unpaired) electrons. The number of carbonyl (C=O) groups is 1. The van der Waals surface area contributed by atoms with Gasteiger partial charge in [-0.15, -0.1) is 0 Å². The molecule has 0 saturated carbocycles. The molecule has 2 unspecified atom stereocenters. The van der Waals surface area contributed by atoms with E-state index < -0.39 is 38.8 Å². The molecule has 116 valence electrons. The highest BCUT2D eigenvalue weighted by Gasteiger charge is 2.43. The second kappa shape index (κ2) is 6.04. The number of nitrogens with zero attached hydrogens (tertiary/aromatic N) is 2. The van der Waals surface area contributed by atoms with Gasteiger partial charge in [0.1, 0.15) is 0 Å². The summed E-state index contributed by atoms with van der Waals surface area (Å²) in [6.07, 6.45) is 1.17. The fourth-order valence-electron chi connectivity index (χ4n) is 2.32. The molecular weight excluding hydrogens is 303 g/mol. The molecule has 21 heavy (non-hydrogen) atoms. The number of halogens is 1. The molecule has 1 aliphatic rings. The molecule has 0 bridgehead atoms. The monoisotopic (exact) mass is 318 g/mol. The Hall–Kier alpha value is -1.58. The summed E-state index contributed by atoms with van der Waals surface area (Å²) in [7, 11) is -4.23. The van der Waals surface area contributed by atoms with Gasteiger partial charge in [0, 0.05) is 12.7 Å². The fourth-order valence-corrected chi connectivity index (χ4v) is 3.95. The average Bonchev–Trinajstić information content (AvgIpc) is 2.88. The number of likely N-dealkylation sites (N-methyl/N-ethyl adjacent to an activating group) is 1. The molecule has 0 amide bonds. The van der Waals surface area contributed by atoms with E-state index in [2.05, 4.69) is 4.98 Å². The number of aromatic nitrogens is 1. The van der Waals surface area contributed by atoms with Gasteiger partial charge in [0.05, 0.1) is 25.2 Å². The molecule has 0 spiro atoms. The molecule has 1 aliphatic heterocycles. The number of rotatable bonds is 5. The van der Waals surface area contributed by atoms with Crippen LogP contribution in [-0.4, -0.2) is 54.6 Å².